The highest BCUT2D eigenvalue weighted by Gasteiger charge is 2.28. The first-order chi connectivity index (χ1) is 12.1. The number of hydrogen-bond acceptors (Lipinski definition) is 3. The molecular weight excluding hydrogens is 357 g/mol. The number of aromatic nitrogens is 2. The Kier molecular flexibility index (Phi) is 6.58. The van der Waals surface area contributed by atoms with Crippen molar-refractivity contribution in [2.75, 3.05) is 13.6 Å². The van der Waals surface area contributed by atoms with E-state index in [9.17, 15) is 14.3 Å². The molecule has 0 radical (unpaired) electrons. The maximum atomic E-state index is 14.6. The number of benzene rings is 2. The minimum absolute atomic E-state index is 0. The van der Waals surface area contributed by atoms with E-state index in [0.29, 0.717) is 12.1 Å². The molecule has 2 atom stereocenters. The lowest BCUT2D eigenvalue weighted by atomic mass is 10.0. The van der Waals surface area contributed by atoms with Gasteiger partial charge in [-0.25, -0.2) is 9.18 Å². The van der Waals surface area contributed by atoms with Gasteiger partial charge in [-0.2, -0.15) is 0 Å². The van der Waals surface area contributed by atoms with Gasteiger partial charge in [0.05, 0.1) is 17.7 Å². The maximum Gasteiger partial charge on any atom is 0.329 e. The summed E-state index contributed by atoms with van der Waals surface area (Å²) >= 11 is 0. The zero-order chi connectivity index (χ0) is 18.0. The van der Waals surface area contributed by atoms with Crippen molar-refractivity contribution in [2.24, 2.45) is 0 Å². The molecule has 0 unspecified atom stereocenters. The molecule has 0 saturated heterocycles. The van der Waals surface area contributed by atoms with E-state index in [1.807, 2.05) is 37.3 Å². The molecule has 0 bridgehead atoms. The molecule has 0 spiro atoms. The van der Waals surface area contributed by atoms with Crippen LogP contribution in [0.15, 0.2) is 53.3 Å². The van der Waals surface area contributed by atoms with E-state index < -0.39 is 18.0 Å². The van der Waals surface area contributed by atoms with E-state index in [1.165, 1.54) is 15.2 Å². The monoisotopic (exact) mass is 379 g/mol. The molecule has 7 heteroatoms. The number of aryl methyl sites for hydroxylation is 1. The Morgan fingerprint density at radius 3 is 2.46 bits per heavy atom. The smallest absolute Gasteiger partial charge is 0.329 e. The minimum Gasteiger partial charge on any atom is -0.389 e. The van der Waals surface area contributed by atoms with E-state index in [1.54, 1.807) is 19.2 Å². The lowest BCUT2D eigenvalue weighted by Crippen LogP contribution is -2.38. The molecule has 0 aliphatic rings. The van der Waals surface area contributed by atoms with E-state index in [4.69, 9.17) is 0 Å². The van der Waals surface area contributed by atoms with Gasteiger partial charge in [0.15, 0.2) is 0 Å². The van der Waals surface area contributed by atoms with Crippen molar-refractivity contribution < 1.29 is 9.50 Å². The van der Waals surface area contributed by atoms with Crippen molar-refractivity contribution in [3.8, 4) is 0 Å². The molecule has 26 heavy (non-hydrogen) atoms. The van der Waals surface area contributed by atoms with Crippen molar-refractivity contribution in [1.82, 2.24) is 14.5 Å². The van der Waals surface area contributed by atoms with Gasteiger partial charge in [-0.15, -0.1) is 12.4 Å². The first-order valence-electron chi connectivity index (χ1n) is 8.37. The largest absolute Gasteiger partial charge is 0.389 e. The summed E-state index contributed by atoms with van der Waals surface area (Å²) in [5.41, 5.74) is 1.18. The van der Waals surface area contributed by atoms with Crippen molar-refractivity contribution in [2.45, 2.75) is 25.6 Å². The third kappa shape index (κ3) is 3.40. The van der Waals surface area contributed by atoms with Gasteiger partial charge in [-0.1, -0.05) is 36.4 Å². The second kappa shape index (κ2) is 8.49. The van der Waals surface area contributed by atoms with Crippen molar-refractivity contribution in [1.29, 1.82) is 0 Å². The van der Waals surface area contributed by atoms with Crippen LogP contribution < -0.4 is 11.0 Å². The number of rotatable bonds is 6. The van der Waals surface area contributed by atoms with Gasteiger partial charge in [0, 0.05) is 13.1 Å². The zero-order valence-corrected chi connectivity index (χ0v) is 15.5. The molecule has 0 aliphatic heterocycles. The third-order valence-electron chi connectivity index (χ3n) is 4.45. The van der Waals surface area contributed by atoms with Crippen molar-refractivity contribution in [3.05, 3.63) is 70.4 Å². The lowest BCUT2D eigenvalue weighted by molar-refractivity contribution is 0.130. The van der Waals surface area contributed by atoms with Crippen LogP contribution in [0.25, 0.3) is 11.0 Å². The highest BCUT2D eigenvalue weighted by atomic mass is 35.5. The highest BCUT2D eigenvalue weighted by molar-refractivity contribution is 5.85. The van der Waals surface area contributed by atoms with Gasteiger partial charge in [-0.3, -0.25) is 9.13 Å². The Balaban J connectivity index is 0.00000243. The topological polar surface area (TPSA) is 59.2 Å². The zero-order valence-electron chi connectivity index (χ0n) is 14.7. The average Bonchev–Trinajstić information content (AvgIpc) is 2.89. The van der Waals surface area contributed by atoms with Crippen LogP contribution in [0.5, 0.6) is 0 Å². The molecule has 3 aromatic rings. The van der Waals surface area contributed by atoms with Crippen LogP contribution in [0.1, 0.15) is 18.5 Å². The maximum absolute atomic E-state index is 14.6. The van der Waals surface area contributed by atoms with E-state index in [-0.39, 0.29) is 30.2 Å². The Morgan fingerprint density at radius 1 is 1.15 bits per heavy atom. The van der Waals surface area contributed by atoms with Gasteiger partial charge in [0.2, 0.25) is 0 Å². The molecule has 5 nitrogen and oxygen atoms in total. The predicted molar refractivity (Wildman–Crippen MR) is 104 cm³/mol. The SMILES string of the molecule is CCn1c(=O)n([C@@H](c2ccccc2)[C@H](O)CNC)c2c(F)cccc21.Cl. The molecule has 2 N–H and O–H groups in total. The second-order valence-electron chi connectivity index (χ2n) is 5.98. The number of nitrogens with one attached hydrogen (secondary N) is 1. The van der Waals surface area contributed by atoms with E-state index in [0.717, 1.165) is 5.56 Å². The van der Waals surface area contributed by atoms with Gasteiger partial charge >= 0.3 is 5.69 Å². The van der Waals surface area contributed by atoms with Crippen LogP contribution in [0.3, 0.4) is 0 Å². The number of halogens is 2. The summed E-state index contributed by atoms with van der Waals surface area (Å²) in [7, 11) is 1.73. The molecule has 0 saturated carbocycles. The van der Waals surface area contributed by atoms with Crippen LogP contribution >= 0.6 is 12.4 Å². The molecule has 2 aromatic carbocycles. The van der Waals surface area contributed by atoms with Crippen LogP contribution in [0.4, 0.5) is 4.39 Å². The average molecular weight is 380 g/mol. The quantitative estimate of drug-likeness (QED) is 0.692. The number of hydrogen-bond donors (Lipinski definition) is 2. The number of imidazole rings is 1. The molecule has 3 rings (SSSR count). The summed E-state index contributed by atoms with van der Waals surface area (Å²) in [5, 5.41) is 13.6. The number of aliphatic hydroxyl groups is 1. The van der Waals surface area contributed by atoms with Crippen molar-refractivity contribution >= 4 is 23.4 Å². The molecule has 0 aliphatic carbocycles. The number of aliphatic hydroxyl groups excluding tert-OH is 1. The first kappa shape index (κ1) is 20.2. The van der Waals surface area contributed by atoms with Crippen LogP contribution in [0.2, 0.25) is 0 Å². The Hall–Kier alpha value is -2.15. The van der Waals surface area contributed by atoms with Gasteiger partial charge in [0.25, 0.3) is 0 Å². The minimum atomic E-state index is -0.888. The summed E-state index contributed by atoms with van der Waals surface area (Å²) in [6.07, 6.45) is -0.888. The summed E-state index contributed by atoms with van der Waals surface area (Å²) in [6.45, 7) is 2.55. The molecule has 1 aromatic heterocycles. The molecule has 0 amide bonds. The van der Waals surface area contributed by atoms with Crippen LogP contribution in [0, 0.1) is 5.82 Å². The van der Waals surface area contributed by atoms with Gasteiger partial charge in [0.1, 0.15) is 11.3 Å². The number of para-hydroxylation sites is 1. The fourth-order valence-electron chi connectivity index (χ4n) is 3.37. The van der Waals surface area contributed by atoms with Gasteiger partial charge in [-0.05, 0) is 31.7 Å². The third-order valence-corrected chi connectivity index (χ3v) is 4.45. The number of nitrogens with zero attached hydrogens (tertiary/aromatic N) is 2. The van der Waals surface area contributed by atoms with Crippen molar-refractivity contribution in [3.63, 3.8) is 0 Å². The fraction of sp³-hybridized carbons (Fsp3) is 0.316. The molecule has 140 valence electrons. The Morgan fingerprint density at radius 2 is 1.85 bits per heavy atom. The second-order valence-corrected chi connectivity index (χ2v) is 5.98. The summed E-state index contributed by atoms with van der Waals surface area (Å²) in [6, 6.07) is 13.2. The van der Waals surface area contributed by atoms with E-state index >= 15 is 0 Å². The molecular formula is C19H23ClFN3O2. The Labute approximate surface area is 157 Å². The Bertz CT molecular complexity index is 924. The summed E-state index contributed by atoms with van der Waals surface area (Å²) in [4.78, 5) is 13.0. The first-order valence-corrected chi connectivity index (χ1v) is 8.37. The standard InChI is InChI=1S/C19H22FN3O2.ClH/c1-3-22-15-11-7-10-14(20)18(15)23(19(22)25)17(16(24)12-21-2)13-8-5-4-6-9-13;/h4-11,16-17,21,24H,3,12H2,1-2H3;1H/t16-,17+;/m1./s1. The normalized spacial score (nSPS) is 13.4. The van der Waals surface area contributed by atoms with E-state index in [2.05, 4.69) is 5.32 Å². The summed E-state index contributed by atoms with van der Waals surface area (Å²) in [5.74, 6) is -0.473. The predicted octanol–water partition coefficient (Wildman–Crippen LogP) is 2.55. The highest BCUT2D eigenvalue weighted by Crippen LogP contribution is 2.27. The fourth-order valence-corrected chi connectivity index (χ4v) is 3.37. The lowest BCUT2D eigenvalue weighted by Gasteiger charge is -2.25. The number of likely N-dealkylation sites (N-methyl/N-ethyl adjacent to an activating group) is 1. The number of fused-ring (bicyclic) bond motifs is 1. The molecule has 1 heterocycles. The van der Waals surface area contributed by atoms with Gasteiger partial charge < -0.3 is 10.4 Å². The van der Waals surface area contributed by atoms with Crippen LogP contribution in [-0.2, 0) is 6.54 Å². The van der Waals surface area contributed by atoms with Crippen LogP contribution in [-0.4, -0.2) is 33.9 Å². The summed E-state index contributed by atoms with van der Waals surface area (Å²) < 4.78 is 17.5. The molecule has 0 fully saturated rings.